The maximum Gasteiger partial charge on any atom is 0.326 e. The van der Waals surface area contributed by atoms with Crippen LogP contribution in [0.3, 0.4) is 0 Å². The molecule has 3 aromatic rings. The van der Waals surface area contributed by atoms with Gasteiger partial charge >= 0.3 is 5.97 Å². The molecule has 178 valence electrons. The topological polar surface area (TPSA) is 88.4 Å². The van der Waals surface area contributed by atoms with Crippen molar-refractivity contribution in [2.45, 2.75) is 52.6 Å². The molecule has 0 aliphatic heterocycles. The number of carboxylic acid groups (broad SMARTS) is 1. The molecule has 4 rings (SSSR count). The molecule has 6 heteroatoms. The van der Waals surface area contributed by atoms with E-state index in [0.29, 0.717) is 19.4 Å². The molecule has 3 atom stereocenters. The molecule has 1 aliphatic rings. The summed E-state index contributed by atoms with van der Waals surface area (Å²) in [6.45, 7) is 6.40. The van der Waals surface area contributed by atoms with Gasteiger partial charge in [0.05, 0.1) is 0 Å². The van der Waals surface area contributed by atoms with Gasteiger partial charge in [0, 0.05) is 41.4 Å². The smallest absolute Gasteiger partial charge is 0.326 e. The summed E-state index contributed by atoms with van der Waals surface area (Å²) in [5, 5.41) is 13.7. The number of amides is 1. The van der Waals surface area contributed by atoms with Gasteiger partial charge < -0.3 is 19.8 Å². The fourth-order valence-corrected chi connectivity index (χ4v) is 5.28. The number of aliphatic carboxylic acids is 1. The summed E-state index contributed by atoms with van der Waals surface area (Å²) in [5.74, 6) is -1.78. The van der Waals surface area contributed by atoms with Gasteiger partial charge in [-0.1, -0.05) is 69.3 Å². The van der Waals surface area contributed by atoms with Crippen LogP contribution in [0.15, 0.2) is 60.8 Å². The van der Waals surface area contributed by atoms with E-state index in [0.717, 1.165) is 28.3 Å². The molecule has 1 aromatic heterocycles. The highest BCUT2D eigenvalue weighted by Gasteiger charge is 2.54. The second kappa shape index (κ2) is 9.09. The molecule has 1 heterocycles. The van der Waals surface area contributed by atoms with Crippen LogP contribution in [0.25, 0.3) is 10.9 Å². The minimum atomic E-state index is -1.07. The van der Waals surface area contributed by atoms with Crippen molar-refractivity contribution < 1.29 is 19.5 Å². The van der Waals surface area contributed by atoms with Crippen molar-refractivity contribution in [3.05, 3.63) is 71.9 Å². The van der Waals surface area contributed by atoms with E-state index < -0.39 is 28.8 Å². The normalized spacial score (nSPS) is 22.4. The number of carbonyl (C=O) groups is 3. The van der Waals surface area contributed by atoms with Crippen LogP contribution in [0.2, 0.25) is 0 Å². The van der Waals surface area contributed by atoms with Gasteiger partial charge in [-0.15, -0.1) is 0 Å². The first kappa shape index (κ1) is 23.7. The van der Waals surface area contributed by atoms with Gasteiger partial charge in [0.25, 0.3) is 0 Å². The lowest BCUT2D eigenvalue weighted by Crippen LogP contribution is -2.48. The average molecular weight is 461 g/mol. The van der Waals surface area contributed by atoms with Gasteiger partial charge in [0.1, 0.15) is 12.3 Å². The Labute approximate surface area is 200 Å². The van der Waals surface area contributed by atoms with Gasteiger partial charge in [0.15, 0.2) is 0 Å². The summed E-state index contributed by atoms with van der Waals surface area (Å²) in [5.41, 5.74) is 1.91. The maximum atomic E-state index is 13.2. The summed E-state index contributed by atoms with van der Waals surface area (Å²) in [4.78, 5) is 37.1. The Morgan fingerprint density at radius 1 is 1.12 bits per heavy atom. The zero-order valence-corrected chi connectivity index (χ0v) is 20.0. The molecule has 2 N–H and O–H groups in total. The lowest BCUT2D eigenvalue weighted by atomic mass is 9.66. The number of fused-ring (bicyclic) bond motifs is 1. The summed E-state index contributed by atoms with van der Waals surface area (Å²) in [7, 11) is 0. The molecule has 0 unspecified atom stereocenters. The quantitative estimate of drug-likeness (QED) is 0.487. The predicted octanol–water partition coefficient (Wildman–Crippen LogP) is 4.44. The number of benzene rings is 2. The van der Waals surface area contributed by atoms with Crippen LogP contribution in [0.4, 0.5) is 0 Å². The highest BCUT2D eigenvalue weighted by Crippen LogP contribution is 2.54. The van der Waals surface area contributed by atoms with Gasteiger partial charge in [-0.25, -0.2) is 4.79 Å². The number of hydrogen-bond donors (Lipinski definition) is 2. The standard InChI is InChI=1S/C28H32N2O4/c1-27(2)22(13-14-28(27,3)18-31)25(32)29-23(26(33)34)15-20-17-30(16-19-9-5-4-6-10-19)24-12-8-7-11-21(20)24/h4-12,17-18,22-23H,13-16H2,1-3H3,(H,29,32)(H,33,34)/t22-,23+,28+/m1/s1. The minimum Gasteiger partial charge on any atom is -0.480 e. The first-order chi connectivity index (χ1) is 16.2. The van der Waals surface area contributed by atoms with Gasteiger partial charge in [-0.2, -0.15) is 0 Å². The number of aldehydes is 1. The first-order valence-corrected chi connectivity index (χ1v) is 11.8. The van der Waals surface area contributed by atoms with Crippen molar-refractivity contribution in [2.75, 3.05) is 0 Å². The maximum absolute atomic E-state index is 13.2. The molecule has 2 aromatic carbocycles. The fourth-order valence-electron chi connectivity index (χ4n) is 5.28. The second-order valence-corrected chi connectivity index (χ2v) is 10.2. The van der Waals surface area contributed by atoms with Gasteiger partial charge in [0.2, 0.25) is 5.91 Å². The highest BCUT2D eigenvalue weighted by molar-refractivity contribution is 5.88. The Hall–Kier alpha value is -3.41. The first-order valence-electron chi connectivity index (χ1n) is 11.8. The summed E-state index contributed by atoms with van der Waals surface area (Å²) < 4.78 is 2.12. The lowest BCUT2D eigenvalue weighted by Gasteiger charge is -2.37. The number of aromatic nitrogens is 1. The van der Waals surface area contributed by atoms with Crippen molar-refractivity contribution >= 4 is 29.1 Å². The van der Waals surface area contributed by atoms with Crippen LogP contribution in [0.5, 0.6) is 0 Å². The van der Waals surface area contributed by atoms with Crippen molar-refractivity contribution in [1.29, 1.82) is 0 Å². The van der Waals surface area contributed by atoms with Crippen LogP contribution in [-0.2, 0) is 27.3 Å². The summed E-state index contributed by atoms with van der Waals surface area (Å²) in [6.07, 6.45) is 4.30. The third-order valence-electron chi connectivity index (χ3n) is 7.98. The van der Waals surface area contributed by atoms with Crippen LogP contribution in [0, 0.1) is 16.7 Å². The number of nitrogens with zero attached hydrogens (tertiary/aromatic N) is 1. The molecule has 34 heavy (non-hydrogen) atoms. The molecular formula is C28H32N2O4. The Balaban J connectivity index is 1.58. The van der Waals surface area contributed by atoms with E-state index in [1.807, 2.05) is 69.4 Å². The van der Waals surface area contributed by atoms with Crippen molar-refractivity contribution in [3.8, 4) is 0 Å². The Morgan fingerprint density at radius 3 is 2.44 bits per heavy atom. The third-order valence-corrected chi connectivity index (χ3v) is 7.98. The predicted molar refractivity (Wildman–Crippen MR) is 131 cm³/mol. The zero-order valence-electron chi connectivity index (χ0n) is 20.0. The second-order valence-electron chi connectivity index (χ2n) is 10.2. The number of rotatable bonds is 8. The number of carbonyl (C=O) groups excluding carboxylic acids is 2. The van der Waals surface area contributed by atoms with Crippen LogP contribution < -0.4 is 5.32 Å². The molecular weight excluding hydrogens is 428 g/mol. The number of carboxylic acids is 1. The molecule has 1 saturated carbocycles. The number of hydrogen-bond acceptors (Lipinski definition) is 3. The highest BCUT2D eigenvalue weighted by atomic mass is 16.4. The van der Waals surface area contributed by atoms with Crippen molar-refractivity contribution in [1.82, 2.24) is 9.88 Å². The van der Waals surface area contributed by atoms with E-state index in [-0.39, 0.29) is 12.3 Å². The lowest BCUT2D eigenvalue weighted by molar-refractivity contribution is -0.143. The molecule has 1 fully saturated rings. The molecule has 0 bridgehead atoms. The molecule has 1 aliphatic carbocycles. The molecule has 0 spiro atoms. The van der Waals surface area contributed by atoms with Crippen molar-refractivity contribution in [3.63, 3.8) is 0 Å². The van der Waals surface area contributed by atoms with E-state index in [4.69, 9.17) is 0 Å². The minimum absolute atomic E-state index is 0.182. The van der Waals surface area contributed by atoms with Crippen LogP contribution in [0.1, 0.15) is 44.7 Å². The average Bonchev–Trinajstić information content (AvgIpc) is 3.28. The van der Waals surface area contributed by atoms with Crippen LogP contribution >= 0.6 is 0 Å². The number of para-hydroxylation sites is 1. The van der Waals surface area contributed by atoms with E-state index in [1.54, 1.807) is 0 Å². The Morgan fingerprint density at radius 2 is 1.79 bits per heavy atom. The van der Waals surface area contributed by atoms with Crippen LogP contribution in [-0.4, -0.2) is 33.9 Å². The van der Waals surface area contributed by atoms with Gasteiger partial charge in [-0.05, 0) is 35.4 Å². The van der Waals surface area contributed by atoms with E-state index in [1.165, 1.54) is 0 Å². The molecule has 1 amide bonds. The SMILES string of the molecule is CC1(C)[C@@H](C(=O)N[C@@H](Cc2cn(Cc3ccccc3)c3ccccc23)C(=O)O)CC[C@@]1(C)C=O. The monoisotopic (exact) mass is 460 g/mol. The zero-order chi connectivity index (χ0) is 24.5. The van der Waals surface area contributed by atoms with E-state index in [9.17, 15) is 19.5 Å². The molecule has 0 radical (unpaired) electrons. The largest absolute Gasteiger partial charge is 0.480 e. The van der Waals surface area contributed by atoms with Crippen molar-refractivity contribution in [2.24, 2.45) is 16.7 Å². The third kappa shape index (κ3) is 4.25. The molecule has 6 nitrogen and oxygen atoms in total. The molecule has 0 saturated heterocycles. The number of nitrogens with one attached hydrogen (secondary N) is 1. The van der Waals surface area contributed by atoms with E-state index >= 15 is 0 Å². The van der Waals surface area contributed by atoms with Gasteiger partial charge in [-0.3, -0.25) is 4.79 Å². The fraction of sp³-hybridized carbons (Fsp3) is 0.393. The Bertz CT molecular complexity index is 1210. The Kier molecular flexibility index (Phi) is 6.34. The summed E-state index contributed by atoms with van der Waals surface area (Å²) in [6, 6.07) is 17.0. The summed E-state index contributed by atoms with van der Waals surface area (Å²) >= 11 is 0. The van der Waals surface area contributed by atoms with E-state index in [2.05, 4.69) is 22.0 Å².